The molecule has 1 saturated heterocycles. The summed E-state index contributed by atoms with van der Waals surface area (Å²) in [5.74, 6) is 3.04. The van der Waals surface area contributed by atoms with Crippen LogP contribution in [0.4, 0.5) is 21.0 Å². The highest BCUT2D eigenvalue weighted by Crippen LogP contribution is 2.73. The Kier molecular flexibility index (Phi) is 9.99. The zero-order valence-electron chi connectivity index (χ0n) is 38.0. The molecular formula is C52H70N6O4. The highest BCUT2D eigenvalue weighted by atomic mass is 16.2. The van der Waals surface area contributed by atoms with E-state index in [1.54, 1.807) is 0 Å². The second-order valence-corrected chi connectivity index (χ2v) is 22.2. The molecular weight excluding hydrogens is 773 g/mol. The number of nitrogens with zero attached hydrogens (tertiary/aromatic N) is 2. The summed E-state index contributed by atoms with van der Waals surface area (Å²) < 4.78 is 0. The van der Waals surface area contributed by atoms with Gasteiger partial charge in [-0.15, -0.1) is 0 Å². The van der Waals surface area contributed by atoms with Crippen molar-refractivity contribution in [1.82, 2.24) is 20.4 Å². The number of rotatable bonds is 5. The number of para-hydroxylation sites is 2. The van der Waals surface area contributed by atoms with E-state index in [1.165, 1.54) is 5.57 Å². The molecule has 8 aliphatic rings. The second kappa shape index (κ2) is 14.9. The smallest absolute Gasteiger partial charge is 0.319 e. The fourth-order valence-corrected chi connectivity index (χ4v) is 17.3. The average Bonchev–Trinajstić information content (AvgIpc) is 3.77. The number of benzene rings is 2. The van der Waals surface area contributed by atoms with E-state index in [0.29, 0.717) is 41.9 Å². The summed E-state index contributed by atoms with van der Waals surface area (Å²) in [4.78, 5) is 59.8. The zero-order chi connectivity index (χ0) is 43.4. The third kappa shape index (κ3) is 5.92. The lowest BCUT2D eigenvalue weighted by molar-refractivity contribution is -0.187. The van der Waals surface area contributed by atoms with Crippen LogP contribution >= 0.6 is 0 Å². The maximum Gasteiger partial charge on any atom is 0.319 e. The number of carbonyl (C=O) groups excluding carboxylic acids is 4. The molecule has 6 saturated carbocycles. The van der Waals surface area contributed by atoms with E-state index in [-0.39, 0.29) is 63.7 Å². The maximum absolute atomic E-state index is 14.5. The van der Waals surface area contributed by atoms with Gasteiger partial charge in [0.1, 0.15) is 0 Å². The van der Waals surface area contributed by atoms with Gasteiger partial charge in [0.05, 0.1) is 5.54 Å². The van der Waals surface area contributed by atoms with Crippen molar-refractivity contribution in [2.45, 2.75) is 141 Å². The molecule has 62 heavy (non-hydrogen) atoms. The number of likely N-dealkylation sites (N-methyl/N-ethyl adjacent to an activating group) is 2. The van der Waals surface area contributed by atoms with Gasteiger partial charge in [-0.2, -0.15) is 0 Å². The molecule has 14 atom stereocenters. The summed E-state index contributed by atoms with van der Waals surface area (Å²) in [6, 6.07) is 19.4. The predicted octanol–water partition coefficient (Wildman–Crippen LogP) is 9.61. The number of hydrogen-bond donors (Lipinski definition) is 4. The maximum atomic E-state index is 14.5. The summed E-state index contributed by atoms with van der Waals surface area (Å²) >= 11 is 0. The van der Waals surface area contributed by atoms with E-state index in [4.69, 9.17) is 0 Å². The second-order valence-electron chi connectivity index (χ2n) is 22.2. The van der Waals surface area contributed by atoms with Crippen LogP contribution in [0.1, 0.15) is 118 Å². The molecule has 6 aliphatic carbocycles. The summed E-state index contributed by atoms with van der Waals surface area (Å²) in [5, 5.41) is 13.0. The quantitative estimate of drug-likeness (QED) is 0.240. The molecule has 10 nitrogen and oxygen atoms in total. The third-order valence-electron chi connectivity index (χ3n) is 20.3. The average molecular weight is 843 g/mol. The van der Waals surface area contributed by atoms with Gasteiger partial charge < -0.3 is 31.1 Å². The van der Waals surface area contributed by atoms with Gasteiger partial charge in [0.15, 0.2) is 0 Å². The molecule has 7 fully saturated rings. The van der Waals surface area contributed by atoms with Crippen molar-refractivity contribution in [3.63, 3.8) is 0 Å². The van der Waals surface area contributed by atoms with Crippen LogP contribution in [0.15, 0.2) is 72.3 Å². The molecule has 4 N–H and O–H groups in total. The van der Waals surface area contributed by atoms with Crippen LogP contribution < -0.4 is 21.3 Å². The van der Waals surface area contributed by atoms with Gasteiger partial charge in [0.2, 0.25) is 11.8 Å². The van der Waals surface area contributed by atoms with E-state index in [2.05, 4.69) is 71.9 Å². The lowest BCUT2D eigenvalue weighted by Gasteiger charge is -2.72. The summed E-state index contributed by atoms with van der Waals surface area (Å²) in [7, 11) is 4.12. The number of anilines is 2. The molecule has 2 heterocycles. The monoisotopic (exact) mass is 843 g/mol. The first-order valence-corrected chi connectivity index (χ1v) is 24.2. The van der Waals surface area contributed by atoms with Crippen LogP contribution in [0.25, 0.3) is 0 Å². The Morgan fingerprint density at radius 1 is 0.597 bits per heavy atom. The third-order valence-corrected chi connectivity index (χ3v) is 20.3. The van der Waals surface area contributed by atoms with E-state index in [1.807, 2.05) is 67.7 Å². The van der Waals surface area contributed by atoms with Gasteiger partial charge in [-0.1, -0.05) is 64.1 Å². The van der Waals surface area contributed by atoms with Crippen molar-refractivity contribution >= 4 is 35.3 Å². The molecule has 10 rings (SSSR count). The lowest BCUT2D eigenvalue weighted by Crippen LogP contribution is -2.74. The van der Waals surface area contributed by atoms with Crippen LogP contribution in [0.3, 0.4) is 0 Å². The van der Waals surface area contributed by atoms with Crippen LogP contribution in [-0.2, 0) is 9.59 Å². The van der Waals surface area contributed by atoms with Crippen LogP contribution in [-0.4, -0.2) is 71.4 Å². The van der Waals surface area contributed by atoms with Gasteiger partial charge in [-0.05, 0) is 165 Å². The fraction of sp³-hybridized carbons (Fsp3) is 0.654. The molecule has 2 aromatic carbocycles. The Labute approximate surface area is 369 Å². The van der Waals surface area contributed by atoms with E-state index in [9.17, 15) is 19.2 Å². The van der Waals surface area contributed by atoms with E-state index in [0.717, 1.165) is 94.8 Å². The minimum atomic E-state index is -0.551. The van der Waals surface area contributed by atoms with Crippen molar-refractivity contribution in [1.29, 1.82) is 0 Å². The van der Waals surface area contributed by atoms with Gasteiger partial charge in [0.25, 0.3) is 0 Å². The van der Waals surface area contributed by atoms with Crippen LogP contribution in [0, 0.1) is 57.2 Å². The van der Waals surface area contributed by atoms with E-state index >= 15 is 0 Å². The molecule has 0 radical (unpaired) electrons. The number of amides is 6. The lowest BCUT2D eigenvalue weighted by atomic mass is 9.38. The van der Waals surface area contributed by atoms with Gasteiger partial charge >= 0.3 is 12.1 Å². The Morgan fingerprint density at radius 2 is 1.13 bits per heavy atom. The van der Waals surface area contributed by atoms with Gasteiger partial charge in [-0.3, -0.25) is 9.59 Å². The minimum absolute atomic E-state index is 0.00333. The summed E-state index contributed by atoms with van der Waals surface area (Å²) in [6.45, 7) is 9.93. The van der Waals surface area contributed by atoms with Crippen LogP contribution in [0.2, 0.25) is 0 Å². The highest BCUT2D eigenvalue weighted by molar-refractivity contribution is 5.92. The molecule has 0 bridgehead atoms. The minimum Gasteiger partial charge on any atom is -0.338 e. The molecule has 6 amide bonds. The van der Waals surface area contributed by atoms with Crippen molar-refractivity contribution in [2.24, 2.45) is 57.2 Å². The molecule has 332 valence electrons. The molecule has 10 heteroatoms. The SMILES string of the molecule is CN1C(=O)C=C(C23CC[C@@H]4[C@@H](CC[C@]5(C)C(NC(=O)Nc6ccccc6)CC[C@@H]45)[C@@]2(C)CCC(=O)N3C)[C@@]2(C)C1CC[C@@H]1[C@H]2CC[C@]2(C)C(NC(=O)Nc3ccccc3)CC[C@@H]12. The predicted molar refractivity (Wildman–Crippen MR) is 243 cm³/mol. The number of piperidine rings is 1. The van der Waals surface area contributed by atoms with E-state index < -0.39 is 5.54 Å². The summed E-state index contributed by atoms with van der Waals surface area (Å²) in [6.07, 6.45) is 15.7. The molecule has 4 unspecified atom stereocenters. The number of hydrogen-bond acceptors (Lipinski definition) is 4. The molecule has 2 aliphatic heterocycles. The topological polar surface area (TPSA) is 123 Å². The number of carbonyl (C=O) groups is 4. The molecule has 0 spiro atoms. The number of urea groups is 2. The number of fused-ring (bicyclic) bond motifs is 10. The molecule has 2 aromatic rings. The standard InChI is InChI=1S/C52H70N6O4/c1-48-27-24-38-35(37(48)19-21-41(48)55-46(61)53-32-13-9-7-10-14-32)23-30-52(50(38,3)29-26-44(59)58(52)6)40-31-45(60)57(5)43-22-17-34-36-18-20-42(49(36,2)28-25-39(34)51(40,43)4)56-47(62)54-33-15-11-8-12-16-33/h7-16,31,34-39,41-43H,17-30H2,1-6H3,(H2,53,55,61)(H2,54,56,62)/t34-,35-,36-,37-,38+,39+,41?,42?,43?,48-,49-,50+,51-,52?/m0/s1. The first-order chi connectivity index (χ1) is 29.6. The van der Waals surface area contributed by atoms with Gasteiger partial charge in [-0.25, -0.2) is 9.59 Å². The highest BCUT2D eigenvalue weighted by Gasteiger charge is 2.72. The van der Waals surface area contributed by atoms with Crippen molar-refractivity contribution in [3.05, 3.63) is 72.3 Å². The largest absolute Gasteiger partial charge is 0.338 e. The fourth-order valence-electron chi connectivity index (χ4n) is 17.3. The Balaban J connectivity index is 0.951. The van der Waals surface area contributed by atoms with Crippen molar-refractivity contribution < 1.29 is 19.2 Å². The van der Waals surface area contributed by atoms with Crippen LogP contribution in [0.5, 0.6) is 0 Å². The number of nitrogens with one attached hydrogen (secondary N) is 4. The number of likely N-dealkylation sites (tertiary alicyclic amines) is 1. The first kappa shape index (κ1) is 41.7. The van der Waals surface area contributed by atoms with Crippen molar-refractivity contribution in [2.75, 3.05) is 24.7 Å². The first-order valence-electron chi connectivity index (χ1n) is 24.2. The Hall–Kier alpha value is -4.34. The normalized spacial score (nSPS) is 43.1. The molecule has 0 aromatic heterocycles. The van der Waals surface area contributed by atoms with Crippen molar-refractivity contribution in [3.8, 4) is 0 Å². The Morgan fingerprint density at radius 3 is 1.69 bits per heavy atom. The Bertz CT molecular complexity index is 2150. The van der Waals surface area contributed by atoms with Gasteiger partial charge in [0, 0.05) is 61.5 Å². The zero-order valence-corrected chi connectivity index (χ0v) is 38.0. The summed E-state index contributed by atoms with van der Waals surface area (Å²) in [5.41, 5.74) is 1.83.